The van der Waals surface area contributed by atoms with E-state index in [2.05, 4.69) is 12.1 Å². The van der Waals surface area contributed by atoms with Gasteiger partial charge in [-0.25, -0.2) is 0 Å². The average Bonchev–Trinajstić information content (AvgIpc) is 2.87. The van der Waals surface area contributed by atoms with Crippen molar-refractivity contribution in [1.82, 2.24) is 4.90 Å². The van der Waals surface area contributed by atoms with E-state index in [1.807, 2.05) is 49.5 Å². The van der Waals surface area contributed by atoms with Crippen molar-refractivity contribution in [2.75, 3.05) is 26.8 Å². The number of likely N-dealkylation sites (N-methyl/N-ethyl adjacent to an activating group) is 1. The van der Waals surface area contributed by atoms with Crippen LogP contribution in [-0.2, 0) is 28.9 Å². The van der Waals surface area contributed by atoms with Gasteiger partial charge in [-0.05, 0) is 60.2 Å². The van der Waals surface area contributed by atoms with Crippen LogP contribution < -0.4 is 9.47 Å². The minimum Gasteiger partial charge on any atom is -0.494 e. The summed E-state index contributed by atoms with van der Waals surface area (Å²) in [4.78, 5) is 25.1. The molecule has 0 fully saturated rings. The van der Waals surface area contributed by atoms with Gasteiger partial charge in [0.15, 0.2) is 0 Å². The third kappa shape index (κ3) is 9.27. The molecule has 0 heterocycles. The monoisotopic (exact) mass is 509 g/mol. The molecule has 0 unspecified atom stereocenters. The molecule has 0 atom stereocenters. The number of ether oxygens (including phenoxy) is 2. The van der Waals surface area contributed by atoms with E-state index < -0.39 is 5.97 Å². The van der Waals surface area contributed by atoms with Crippen molar-refractivity contribution in [2.45, 2.75) is 32.1 Å². The largest absolute Gasteiger partial charge is 0.494 e. The highest BCUT2D eigenvalue weighted by molar-refractivity contribution is 6.32. The second kappa shape index (κ2) is 14.1. The lowest BCUT2D eigenvalue weighted by molar-refractivity contribution is -0.136. The number of hydrogen-bond acceptors (Lipinski definition) is 4. The zero-order chi connectivity index (χ0) is 25.8. The summed E-state index contributed by atoms with van der Waals surface area (Å²) >= 11 is 6.17. The van der Waals surface area contributed by atoms with Gasteiger partial charge in [0.1, 0.15) is 11.5 Å². The fraction of sp³-hybridized carbons (Fsp3) is 0.310. The third-order valence-corrected chi connectivity index (χ3v) is 6.00. The number of hydrogen-bond donors (Lipinski definition) is 1. The molecule has 0 saturated heterocycles. The molecule has 0 bridgehead atoms. The van der Waals surface area contributed by atoms with Crippen molar-refractivity contribution in [2.24, 2.45) is 0 Å². The Morgan fingerprint density at radius 1 is 0.833 bits per heavy atom. The van der Waals surface area contributed by atoms with E-state index in [1.165, 1.54) is 5.56 Å². The van der Waals surface area contributed by atoms with Crippen LogP contribution >= 0.6 is 11.6 Å². The highest BCUT2D eigenvalue weighted by Crippen LogP contribution is 2.26. The zero-order valence-electron chi connectivity index (χ0n) is 20.5. The van der Waals surface area contributed by atoms with E-state index >= 15 is 0 Å². The Morgan fingerprint density at radius 3 is 2.17 bits per heavy atom. The zero-order valence-corrected chi connectivity index (χ0v) is 21.2. The van der Waals surface area contributed by atoms with Crippen LogP contribution in [-0.4, -0.2) is 48.7 Å². The van der Waals surface area contributed by atoms with Crippen molar-refractivity contribution in [3.05, 3.63) is 94.5 Å². The number of benzene rings is 3. The van der Waals surface area contributed by atoms with Crippen LogP contribution in [0.3, 0.4) is 0 Å². The van der Waals surface area contributed by atoms with Crippen molar-refractivity contribution in [1.29, 1.82) is 0 Å². The van der Waals surface area contributed by atoms with Crippen molar-refractivity contribution >= 4 is 23.5 Å². The Labute approximate surface area is 217 Å². The maximum Gasteiger partial charge on any atom is 0.307 e. The number of carbonyl (C=O) groups is 2. The fourth-order valence-corrected chi connectivity index (χ4v) is 3.86. The number of carboxylic acid groups (broad SMARTS) is 1. The topological polar surface area (TPSA) is 76.1 Å². The van der Waals surface area contributed by atoms with E-state index in [0.717, 1.165) is 30.6 Å². The Morgan fingerprint density at radius 2 is 1.50 bits per heavy atom. The molecule has 1 amide bonds. The predicted octanol–water partition coefficient (Wildman–Crippen LogP) is 5.45. The third-order valence-electron chi connectivity index (χ3n) is 5.70. The molecule has 3 aromatic carbocycles. The molecule has 3 rings (SSSR count). The highest BCUT2D eigenvalue weighted by atomic mass is 35.5. The molecule has 190 valence electrons. The predicted molar refractivity (Wildman–Crippen MR) is 141 cm³/mol. The van der Waals surface area contributed by atoms with Crippen LogP contribution in [0.4, 0.5) is 0 Å². The molecular weight excluding hydrogens is 478 g/mol. The minimum absolute atomic E-state index is 0.0690. The molecule has 0 aliphatic heterocycles. The number of nitrogens with zero attached hydrogens (tertiary/aromatic N) is 1. The van der Waals surface area contributed by atoms with Gasteiger partial charge in [-0.1, -0.05) is 60.1 Å². The van der Waals surface area contributed by atoms with E-state index in [4.69, 9.17) is 26.2 Å². The summed E-state index contributed by atoms with van der Waals surface area (Å²) in [5.41, 5.74) is 2.82. The standard InChI is InChI=1S/C29H32ClNO5/c1-31(16-15-22-7-3-2-4-8-22)28(32)20-23-9-12-25(13-10-23)35-17-5-6-18-36-27-14-11-24(19-26(27)30)21-29(33)34/h2-4,7-14,19H,5-6,15-18,20-21H2,1H3,(H,33,34). The molecule has 0 aliphatic carbocycles. The van der Waals surface area contributed by atoms with Gasteiger partial charge in [-0.15, -0.1) is 0 Å². The molecule has 3 aromatic rings. The first-order valence-corrected chi connectivity index (χ1v) is 12.4. The molecule has 1 N–H and O–H groups in total. The maximum atomic E-state index is 12.5. The van der Waals surface area contributed by atoms with Crippen LogP contribution in [0.1, 0.15) is 29.5 Å². The highest BCUT2D eigenvalue weighted by Gasteiger charge is 2.10. The number of amides is 1. The molecule has 6 nitrogen and oxygen atoms in total. The Bertz CT molecular complexity index is 1120. The first-order valence-electron chi connectivity index (χ1n) is 12.0. The number of rotatable bonds is 14. The quantitative estimate of drug-likeness (QED) is 0.292. The van der Waals surface area contributed by atoms with E-state index in [1.54, 1.807) is 23.1 Å². The van der Waals surface area contributed by atoms with Crippen LogP contribution in [0.15, 0.2) is 72.8 Å². The van der Waals surface area contributed by atoms with E-state index in [9.17, 15) is 9.59 Å². The number of halogens is 1. The minimum atomic E-state index is -0.898. The van der Waals surface area contributed by atoms with Crippen LogP contribution in [0, 0.1) is 0 Å². The number of carbonyl (C=O) groups excluding carboxylic acids is 1. The summed E-state index contributed by atoms with van der Waals surface area (Å²) in [6.07, 6.45) is 2.73. The SMILES string of the molecule is CN(CCc1ccccc1)C(=O)Cc1ccc(OCCCCOc2ccc(CC(=O)O)cc2Cl)cc1. The van der Waals surface area contributed by atoms with Crippen LogP contribution in [0.5, 0.6) is 11.5 Å². The Hall–Kier alpha value is -3.51. The molecule has 0 spiro atoms. The van der Waals surface area contributed by atoms with Gasteiger partial charge < -0.3 is 19.5 Å². The van der Waals surface area contributed by atoms with Crippen LogP contribution in [0.25, 0.3) is 0 Å². The van der Waals surface area contributed by atoms with Gasteiger partial charge >= 0.3 is 5.97 Å². The maximum absolute atomic E-state index is 12.5. The van der Waals surface area contributed by atoms with Gasteiger partial charge in [0.25, 0.3) is 0 Å². The fourth-order valence-electron chi connectivity index (χ4n) is 3.60. The molecule has 0 saturated carbocycles. The second-order valence-electron chi connectivity index (χ2n) is 8.61. The van der Waals surface area contributed by atoms with E-state index in [-0.39, 0.29) is 12.3 Å². The van der Waals surface area contributed by atoms with E-state index in [0.29, 0.717) is 42.5 Å². The molecule has 0 radical (unpaired) electrons. The lowest BCUT2D eigenvalue weighted by Gasteiger charge is -2.17. The van der Waals surface area contributed by atoms with Crippen molar-refractivity contribution in [3.8, 4) is 11.5 Å². The molecule has 0 aromatic heterocycles. The van der Waals surface area contributed by atoms with Gasteiger partial charge in [0, 0.05) is 13.6 Å². The Kier molecular flexibility index (Phi) is 10.6. The first-order chi connectivity index (χ1) is 17.4. The second-order valence-corrected chi connectivity index (χ2v) is 9.02. The van der Waals surface area contributed by atoms with Gasteiger partial charge in [-0.2, -0.15) is 0 Å². The number of carboxylic acids is 1. The summed E-state index contributed by atoms with van der Waals surface area (Å²) in [5.74, 6) is 0.505. The van der Waals surface area contributed by atoms with Gasteiger partial charge in [0.2, 0.25) is 5.91 Å². The number of unbranched alkanes of at least 4 members (excludes halogenated alkanes) is 1. The summed E-state index contributed by atoms with van der Waals surface area (Å²) < 4.78 is 11.5. The average molecular weight is 510 g/mol. The molecule has 36 heavy (non-hydrogen) atoms. The summed E-state index contributed by atoms with van der Waals surface area (Å²) in [6, 6.07) is 22.8. The summed E-state index contributed by atoms with van der Waals surface area (Å²) in [5, 5.41) is 9.26. The summed E-state index contributed by atoms with van der Waals surface area (Å²) in [7, 11) is 1.84. The molecule has 0 aliphatic rings. The van der Waals surface area contributed by atoms with Crippen LogP contribution in [0.2, 0.25) is 5.02 Å². The van der Waals surface area contributed by atoms with Crippen molar-refractivity contribution < 1.29 is 24.2 Å². The lowest BCUT2D eigenvalue weighted by Crippen LogP contribution is -2.30. The van der Waals surface area contributed by atoms with Gasteiger partial charge in [0.05, 0.1) is 31.1 Å². The van der Waals surface area contributed by atoms with Crippen molar-refractivity contribution in [3.63, 3.8) is 0 Å². The smallest absolute Gasteiger partial charge is 0.307 e. The van der Waals surface area contributed by atoms with Gasteiger partial charge in [-0.3, -0.25) is 9.59 Å². The molecular formula is C29H32ClNO5. The normalized spacial score (nSPS) is 10.6. The summed E-state index contributed by atoms with van der Waals surface area (Å²) in [6.45, 7) is 1.73. The molecule has 7 heteroatoms. The number of aliphatic carboxylic acids is 1. The Balaban J connectivity index is 1.31. The first kappa shape index (κ1) is 27.1. The lowest BCUT2D eigenvalue weighted by atomic mass is 10.1.